The van der Waals surface area contributed by atoms with Crippen molar-refractivity contribution >= 4 is 0 Å². The van der Waals surface area contributed by atoms with Crippen LogP contribution in [0.5, 0.6) is 17.4 Å². The summed E-state index contributed by atoms with van der Waals surface area (Å²) in [6, 6.07) is 3.99. The third kappa shape index (κ3) is 2.00. The molecule has 18 heavy (non-hydrogen) atoms. The average Bonchev–Trinajstić information content (AvgIpc) is 2.32. The maximum atomic E-state index is 11.6. The molecule has 6 heteroatoms. The fourth-order valence-electron chi connectivity index (χ4n) is 1.61. The fourth-order valence-corrected chi connectivity index (χ4v) is 1.61. The van der Waals surface area contributed by atoms with E-state index >= 15 is 0 Å². The van der Waals surface area contributed by atoms with E-state index in [0.717, 1.165) is 0 Å². The number of phenols is 2. The first kappa shape index (κ1) is 12.0. The first-order valence-electron chi connectivity index (χ1n) is 5.37. The zero-order chi connectivity index (χ0) is 13.3. The molecule has 2 aromatic rings. The van der Waals surface area contributed by atoms with Crippen molar-refractivity contribution in [2.75, 3.05) is 0 Å². The number of rotatable bonds is 2. The molecule has 0 aliphatic heterocycles. The Balaban J connectivity index is 2.58. The molecule has 0 bridgehead atoms. The number of aromatic hydroxyl groups is 3. The van der Waals surface area contributed by atoms with Crippen molar-refractivity contribution in [1.82, 2.24) is 9.97 Å². The molecule has 0 spiro atoms. The van der Waals surface area contributed by atoms with Crippen LogP contribution < -0.4 is 5.56 Å². The van der Waals surface area contributed by atoms with E-state index in [1.54, 1.807) is 6.92 Å². The quantitative estimate of drug-likeness (QED) is 0.596. The molecule has 0 radical (unpaired) electrons. The van der Waals surface area contributed by atoms with Crippen LogP contribution in [0.1, 0.15) is 12.5 Å². The summed E-state index contributed by atoms with van der Waals surface area (Å²) in [5, 5.41) is 28.2. The van der Waals surface area contributed by atoms with Crippen LogP contribution >= 0.6 is 0 Å². The lowest BCUT2D eigenvalue weighted by atomic mass is 10.1. The van der Waals surface area contributed by atoms with E-state index in [1.807, 2.05) is 0 Å². The highest BCUT2D eigenvalue weighted by molar-refractivity contribution is 5.60. The molecule has 0 fully saturated rings. The van der Waals surface area contributed by atoms with Crippen LogP contribution in [-0.2, 0) is 6.42 Å². The average molecular weight is 248 g/mol. The standard InChI is InChI=1S/C12H12N2O4/c1-2-7-11(17)13-10(14-12(7)18)6-3-4-8(15)9(16)5-6/h3-5,15-16H,2H2,1H3,(H2,13,14,17,18). The SMILES string of the molecule is CCc1c(O)nc(-c2ccc(O)c(O)c2)[nH]c1=O. The monoisotopic (exact) mass is 248 g/mol. The van der Waals surface area contributed by atoms with Crippen molar-refractivity contribution < 1.29 is 15.3 Å². The van der Waals surface area contributed by atoms with Gasteiger partial charge in [0.2, 0.25) is 5.88 Å². The number of H-pyrrole nitrogens is 1. The van der Waals surface area contributed by atoms with Gasteiger partial charge in [-0.1, -0.05) is 6.92 Å². The van der Waals surface area contributed by atoms with Gasteiger partial charge >= 0.3 is 0 Å². The van der Waals surface area contributed by atoms with Crippen molar-refractivity contribution in [3.63, 3.8) is 0 Å². The highest BCUT2D eigenvalue weighted by atomic mass is 16.3. The Morgan fingerprint density at radius 2 is 1.94 bits per heavy atom. The Hall–Kier alpha value is -2.50. The number of nitrogens with one attached hydrogen (secondary N) is 1. The maximum absolute atomic E-state index is 11.6. The number of hydrogen-bond acceptors (Lipinski definition) is 5. The molecule has 1 aromatic heterocycles. The number of nitrogens with zero attached hydrogens (tertiary/aromatic N) is 1. The molecule has 0 saturated heterocycles. The molecule has 1 aromatic carbocycles. The lowest BCUT2D eigenvalue weighted by molar-refractivity contribution is 0.404. The third-order valence-corrected chi connectivity index (χ3v) is 2.60. The topological polar surface area (TPSA) is 106 Å². The van der Waals surface area contributed by atoms with Gasteiger partial charge in [0.05, 0.1) is 5.56 Å². The first-order chi connectivity index (χ1) is 8.52. The zero-order valence-corrected chi connectivity index (χ0v) is 9.64. The van der Waals surface area contributed by atoms with Gasteiger partial charge in [0.25, 0.3) is 5.56 Å². The summed E-state index contributed by atoms with van der Waals surface area (Å²) in [4.78, 5) is 18.0. The summed E-state index contributed by atoms with van der Waals surface area (Å²) in [7, 11) is 0. The van der Waals surface area contributed by atoms with Gasteiger partial charge in [0.15, 0.2) is 11.5 Å². The minimum atomic E-state index is -0.424. The van der Waals surface area contributed by atoms with E-state index in [4.69, 9.17) is 0 Å². The first-order valence-corrected chi connectivity index (χ1v) is 5.37. The van der Waals surface area contributed by atoms with Crippen LogP contribution in [0.15, 0.2) is 23.0 Å². The molecule has 0 amide bonds. The van der Waals surface area contributed by atoms with E-state index in [-0.39, 0.29) is 28.8 Å². The van der Waals surface area contributed by atoms with Crippen LogP contribution in [0, 0.1) is 0 Å². The van der Waals surface area contributed by atoms with Gasteiger partial charge in [-0.05, 0) is 24.6 Å². The van der Waals surface area contributed by atoms with E-state index < -0.39 is 5.56 Å². The zero-order valence-electron chi connectivity index (χ0n) is 9.64. The number of aromatic amines is 1. The summed E-state index contributed by atoms with van der Waals surface area (Å²) in [6.45, 7) is 1.73. The van der Waals surface area contributed by atoms with Gasteiger partial charge in [0, 0.05) is 5.56 Å². The predicted molar refractivity (Wildman–Crippen MR) is 64.7 cm³/mol. The van der Waals surface area contributed by atoms with Gasteiger partial charge < -0.3 is 20.3 Å². The largest absolute Gasteiger partial charge is 0.504 e. The normalized spacial score (nSPS) is 10.5. The number of hydrogen-bond donors (Lipinski definition) is 4. The molecule has 0 atom stereocenters. The number of benzene rings is 1. The minimum absolute atomic E-state index is 0.130. The summed E-state index contributed by atoms with van der Waals surface area (Å²) < 4.78 is 0. The highest BCUT2D eigenvalue weighted by Crippen LogP contribution is 2.29. The van der Waals surface area contributed by atoms with Crippen molar-refractivity contribution in [2.45, 2.75) is 13.3 Å². The molecule has 1 heterocycles. The molecule has 6 nitrogen and oxygen atoms in total. The van der Waals surface area contributed by atoms with Gasteiger partial charge in [0.1, 0.15) is 5.82 Å². The van der Waals surface area contributed by atoms with Crippen LogP contribution in [-0.4, -0.2) is 25.3 Å². The van der Waals surface area contributed by atoms with Crippen molar-refractivity contribution in [3.8, 4) is 28.8 Å². The molecule has 0 aliphatic rings. The maximum Gasteiger partial charge on any atom is 0.258 e. The molecule has 4 N–H and O–H groups in total. The molecule has 0 saturated carbocycles. The molecule has 0 unspecified atom stereocenters. The molecule has 0 aliphatic carbocycles. The van der Waals surface area contributed by atoms with Gasteiger partial charge in [-0.15, -0.1) is 0 Å². The second kappa shape index (κ2) is 4.40. The predicted octanol–water partition coefficient (Wildman–Crippen LogP) is 1.12. The Labute approximate surface area is 102 Å². The number of phenolic OH excluding ortho intramolecular Hbond substituents is 2. The fraction of sp³-hybridized carbons (Fsp3) is 0.167. The van der Waals surface area contributed by atoms with Gasteiger partial charge in [-0.3, -0.25) is 4.79 Å². The highest BCUT2D eigenvalue weighted by Gasteiger charge is 2.11. The van der Waals surface area contributed by atoms with Crippen molar-refractivity contribution in [1.29, 1.82) is 0 Å². The minimum Gasteiger partial charge on any atom is -0.504 e. The summed E-state index contributed by atoms with van der Waals surface area (Å²) >= 11 is 0. The van der Waals surface area contributed by atoms with Crippen LogP contribution in [0.2, 0.25) is 0 Å². The van der Waals surface area contributed by atoms with E-state index in [2.05, 4.69) is 9.97 Å². The van der Waals surface area contributed by atoms with E-state index in [9.17, 15) is 20.1 Å². The van der Waals surface area contributed by atoms with Gasteiger partial charge in [-0.2, -0.15) is 4.98 Å². The Morgan fingerprint density at radius 1 is 1.22 bits per heavy atom. The smallest absolute Gasteiger partial charge is 0.258 e. The second-order valence-corrected chi connectivity index (χ2v) is 3.77. The molecule has 2 rings (SSSR count). The summed E-state index contributed by atoms with van der Waals surface area (Å²) in [6.07, 6.45) is 0.370. The second-order valence-electron chi connectivity index (χ2n) is 3.77. The van der Waals surface area contributed by atoms with Crippen LogP contribution in [0.25, 0.3) is 11.4 Å². The van der Waals surface area contributed by atoms with E-state index in [0.29, 0.717) is 12.0 Å². The Morgan fingerprint density at radius 3 is 2.50 bits per heavy atom. The van der Waals surface area contributed by atoms with Crippen molar-refractivity contribution in [3.05, 3.63) is 34.1 Å². The van der Waals surface area contributed by atoms with E-state index in [1.165, 1.54) is 18.2 Å². The summed E-state index contributed by atoms with van der Waals surface area (Å²) in [5.41, 5.74) is 0.176. The number of aromatic nitrogens is 2. The molecule has 94 valence electrons. The summed E-state index contributed by atoms with van der Waals surface area (Å²) in [5.74, 6) is -0.793. The molecular formula is C12H12N2O4. The lowest BCUT2D eigenvalue weighted by Crippen LogP contribution is -2.14. The third-order valence-electron chi connectivity index (χ3n) is 2.60. The van der Waals surface area contributed by atoms with Crippen molar-refractivity contribution in [2.24, 2.45) is 0 Å². The Bertz CT molecular complexity index is 649. The van der Waals surface area contributed by atoms with Gasteiger partial charge in [-0.25, -0.2) is 0 Å². The Kier molecular flexibility index (Phi) is 2.93. The molecular weight excluding hydrogens is 236 g/mol. The lowest BCUT2D eigenvalue weighted by Gasteiger charge is -2.05. The van der Waals surface area contributed by atoms with Crippen LogP contribution in [0.3, 0.4) is 0 Å². The van der Waals surface area contributed by atoms with Crippen LogP contribution in [0.4, 0.5) is 0 Å².